The number of aliphatic imine (C=N–C) groups is 1. The Hall–Kier alpha value is -3.20. The maximum atomic E-state index is 5.15. The third kappa shape index (κ3) is 4.77. The summed E-state index contributed by atoms with van der Waals surface area (Å²) in [5.41, 5.74) is 2.18. The smallest absolute Gasteiger partial charge is 0.191 e. The van der Waals surface area contributed by atoms with Gasteiger partial charge in [0.1, 0.15) is 18.2 Å². The second kappa shape index (κ2) is 9.30. The van der Waals surface area contributed by atoms with E-state index in [0.29, 0.717) is 13.2 Å². The molecule has 0 saturated carbocycles. The average molecular weight is 423 g/mol. The van der Waals surface area contributed by atoms with Crippen molar-refractivity contribution in [2.45, 2.75) is 38.6 Å². The number of nitrogens with one attached hydrogen (secondary N) is 2. The van der Waals surface area contributed by atoms with Gasteiger partial charge in [0.15, 0.2) is 11.8 Å². The number of guanidine groups is 1. The summed E-state index contributed by atoms with van der Waals surface area (Å²) in [4.78, 5) is 15.7. The summed E-state index contributed by atoms with van der Waals surface area (Å²) in [6.07, 6.45) is 1.86. The number of pyridine rings is 1. The summed E-state index contributed by atoms with van der Waals surface area (Å²) < 4.78 is 7.13. The van der Waals surface area contributed by atoms with Crippen LogP contribution in [0.25, 0.3) is 10.9 Å². The van der Waals surface area contributed by atoms with Crippen molar-refractivity contribution < 1.29 is 4.74 Å². The minimum Gasteiger partial charge on any atom is -0.377 e. The van der Waals surface area contributed by atoms with Crippen LogP contribution < -0.4 is 15.5 Å². The largest absolute Gasteiger partial charge is 0.377 e. The fraction of sp³-hybridized carbons (Fsp3) is 0.455. The predicted octanol–water partition coefficient (Wildman–Crippen LogP) is 1.72. The van der Waals surface area contributed by atoms with Gasteiger partial charge in [0.2, 0.25) is 0 Å². The fourth-order valence-electron chi connectivity index (χ4n) is 3.84. The van der Waals surface area contributed by atoms with Crippen LogP contribution in [0.1, 0.15) is 23.6 Å². The molecule has 9 nitrogen and oxygen atoms in total. The summed E-state index contributed by atoms with van der Waals surface area (Å²) in [6, 6.07) is 10.6. The van der Waals surface area contributed by atoms with E-state index in [4.69, 9.17) is 9.72 Å². The molecule has 0 fully saturated rings. The molecule has 1 aliphatic heterocycles. The Morgan fingerprint density at radius 2 is 2.13 bits per heavy atom. The third-order valence-electron chi connectivity index (χ3n) is 5.43. The molecular formula is C22H30N8O. The molecule has 164 valence electrons. The van der Waals surface area contributed by atoms with Crippen molar-refractivity contribution in [2.75, 3.05) is 33.2 Å². The number of fused-ring (bicyclic) bond motifs is 2. The van der Waals surface area contributed by atoms with Crippen LogP contribution in [0.15, 0.2) is 35.3 Å². The zero-order valence-corrected chi connectivity index (χ0v) is 18.6. The molecule has 9 heteroatoms. The number of anilines is 1. The molecule has 1 aliphatic rings. The number of benzene rings is 1. The van der Waals surface area contributed by atoms with E-state index in [2.05, 4.69) is 43.9 Å². The second-order valence-electron chi connectivity index (χ2n) is 7.92. The van der Waals surface area contributed by atoms with E-state index in [1.807, 2.05) is 35.8 Å². The van der Waals surface area contributed by atoms with Crippen LogP contribution in [0.5, 0.6) is 0 Å². The predicted molar refractivity (Wildman–Crippen MR) is 122 cm³/mol. The normalized spacial score (nSPS) is 16.3. The Morgan fingerprint density at radius 3 is 2.90 bits per heavy atom. The first-order chi connectivity index (χ1) is 15.1. The van der Waals surface area contributed by atoms with Gasteiger partial charge >= 0.3 is 0 Å². The van der Waals surface area contributed by atoms with E-state index < -0.39 is 0 Å². The number of hydrogen-bond donors (Lipinski definition) is 2. The maximum Gasteiger partial charge on any atom is 0.191 e. The number of nitrogens with zero attached hydrogens (tertiary/aromatic N) is 6. The topological polar surface area (TPSA) is 92.5 Å². The molecule has 0 aliphatic carbocycles. The SMILES string of the molecule is CN=C(NCc1cc(N(C)C)nc2ccccc12)NC1CCc2nc(COC)nn2C1. The summed E-state index contributed by atoms with van der Waals surface area (Å²) in [5.74, 6) is 3.48. The molecule has 0 spiro atoms. The minimum atomic E-state index is 0.238. The monoisotopic (exact) mass is 422 g/mol. The Kier molecular flexibility index (Phi) is 6.31. The van der Waals surface area contributed by atoms with Crippen LogP contribution in [0.4, 0.5) is 5.82 Å². The lowest BCUT2D eigenvalue weighted by molar-refractivity contribution is 0.177. The zero-order valence-electron chi connectivity index (χ0n) is 18.6. The van der Waals surface area contributed by atoms with Gasteiger partial charge in [-0.25, -0.2) is 14.6 Å². The molecule has 3 aromatic rings. The van der Waals surface area contributed by atoms with Crippen LogP contribution in [-0.4, -0.2) is 60.0 Å². The van der Waals surface area contributed by atoms with Gasteiger partial charge in [0.05, 0.1) is 12.1 Å². The van der Waals surface area contributed by atoms with Gasteiger partial charge in [-0.2, -0.15) is 5.10 Å². The molecule has 0 radical (unpaired) electrons. The number of ether oxygens (including phenoxy) is 1. The van der Waals surface area contributed by atoms with E-state index in [0.717, 1.165) is 53.7 Å². The van der Waals surface area contributed by atoms with Gasteiger partial charge in [-0.3, -0.25) is 4.99 Å². The molecule has 2 aromatic heterocycles. The molecule has 2 N–H and O–H groups in total. The van der Waals surface area contributed by atoms with E-state index in [9.17, 15) is 0 Å². The first kappa shape index (κ1) is 21.0. The van der Waals surface area contributed by atoms with E-state index in [1.54, 1.807) is 14.2 Å². The van der Waals surface area contributed by atoms with Crippen molar-refractivity contribution in [1.82, 2.24) is 30.4 Å². The van der Waals surface area contributed by atoms with Crippen molar-refractivity contribution in [1.29, 1.82) is 0 Å². The molecule has 3 heterocycles. The summed E-state index contributed by atoms with van der Waals surface area (Å²) in [5, 5.41) is 12.7. The van der Waals surface area contributed by atoms with Crippen LogP contribution in [0.2, 0.25) is 0 Å². The molecule has 1 unspecified atom stereocenters. The van der Waals surface area contributed by atoms with Gasteiger partial charge in [0, 0.05) is 52.6 Å². The number of methoxy groups -OCH3 is 1. The van der Waals surface area contributed by atoms with Crippen molar-refractivity contribution in [2.24, 2.45) is 4.99 Å². The Labute approximate surface area is 182 Å². The van der Waals surface area contributed by atoms with Crippen molar-refractivity contribution in [3.05, 3.63) is 47.5 Å². The first-order valence-corrected chi connectivity index (χ1v) is 10.5. The number of aromatic nitrogens is 4. The number of rotatable bonds is 6. The molecule has 0 amide bonds. The van der Waals surface area contributed by atoms with Crippen molar-refractivity contribution in [3.8, 4) is 0 Å². The highest BCUT2D eigenvalue weighted by molar-refractivity contribution is 5.85. The Bertz CT molecular complexity index is 1070. The van der Waals surface area contributed by atoms with Crippen LogP contribution in [0.3, 0.4) is 0 Å². The summed E-state index contributed by atoms with van der Waals surface area (Å²) >= 11 is 0. The molecule has 1 atom stereocenters. The summed E-state index contributed by atoms with van der Waals surface area (Å²) in [6.45, 7) is 1.86. The standard InChI is InChI=1S/C22H30N8O/c1-23-22(25-16-9-10-20-27-19(14-31-4)28-30(20)13-16)24-12-15-11-21(29(2)3)26-18-8-6-5-7-17(15)18/h5-8,11,16H,9-10,12-14H2,1-4H3,(H2,23,24,25). The van der Waals surface area contributed by atoms with E-state index in [1.165, 1.54) is 5.56 Å². The Balaban J connectivity index is 1.43. The fourth-order valence-corrected chi connectivity index (χ4v) is 3.84. The van der Waals surface area contributed by atoms with Crippen molar-refractivity contribution in [3.63, 3.8) is 0 Å². The second-order valence-corrected chi connectivity index (χ2v) is 7.92. The zero-order chi connectivity index (χ0) is 21.8. The average Bonchev–Trinajstić information content (AvgIpc) is 3.18. The first-order valence-electron chi connectivity index (χ1n) is 10.5. The van der Waals surface area contributed by atoms with Gasteiger partial charge in [-0.05, 0) is 24.1 Å². The van der Waals surface area contributed by atoms with E-state index >= 15 is 0 Å². The number of para-hydroxylation sites is 1. The third-order valence-corrected chi connectivity index (χ3v) is 5.43. The molecule has 0 bridgehead atoms. The van der Waals surface area contributed by atoms with Crippen LogP contribution >= 0.6 is 0 Å². The van der Waals surface area contributed by atoms with E-state index in [-0.39, 0.29) is 6.04 Å². The Morgan fingerprint density at radius 1 is 1.29 bits per heavy atom. The molecule has 0 saturated heterocycles. The number of aryl methyl sites for hydroxylation is 1. The van der Waals surface area contributed by atoms with Crippen LogP contribution in [0, 0.1) is 0 Å². The molecule has 4 rings (SSSR count). The van der Waals surface area contributed by atoms with Crippen molar-refractivity contribution >= 4 is 22.7 Å². The maximum absolute atomic E-state index is 5.15. The van der Waals surface area contributed by atoms with Gasteiger partial charge in [0.25, 0.3) is 0 Å². The van der Waals surface area contributed by atoms with Gasteiger partial charge in [-0.15, -0.1) is 0 Å². The highest BCUT2D eigenvalue weighted by atomic mass is 16.5. The lowest BCUT2D eigenvalue weighted by atomic mass is 10.1. The molecule has 1 aromatic carbocycles. The van der Waals surface area contributed by atoms with Crippen LogP contribution in [-0.2, 0) is 30.9 Å². The molecule has 31 heavy (non-hydrogen) atoms. The highest BCUT2D eigenvalue weighted by Crippen LogP contribution is 2.22. The van der Waals surface area contributed by atoms with Gasteiger partial charge < -0.3 is 20.3 Å². The lowest BCUT2D eigenvalue weighted by Gasteiger charge is -2.25. The molecular weight excluding hydrogens is 392 g/mol. The number of hydrogen-bond acceptors (Lipinski definition) is 6. The summed E-state index contributed by atoms with van der Waals surface area (Å²) in [7, 11) is 7.47. The van der Waals surface area contributed by atoms with Gasteiger partial charge in [-0.1, -0.05) is 18.2 Å². The highest BCUT2D eigenvalue weighted by Gasteiger charge is 2.22. The minimum absolute atomic E-state index is 0.238. The quantitative estimate of drug-likeness (QED) is 0.462. The lowest BCUT2D eigenvalue weighted by Crippen LogP contribution is -2.46.